The summed E-state index contributed by atoms with van der Waals surface area (Å²) in [6.07, 6.45) is 5.05. The zero-order chi connectivity index (χ0) is 13.8. The molecular formula is C13H18FN5. The van der Waals surface area contributed by atoms with Crippen LogP contribution in [0.2, 0.25) is 0 Å². The molecule has 19 heavy (non-hydrogen) atoms. The van der Waals surface area contributed by atoms with E-state index < -0.39 is 0 Å². The first-order valence-corrected chi connectivity index (χ1v) is 6.28. The summed E-state index contributed by atoms with van der Waals surface area (Å²) >= 11 is 0. The molecule has 0 radical (unpaired) electrons. The minimum atomic E-state index is -0.330. The number of nitrogens with one attached hydrogen (secondary N) is 1. The standard InChI is InChI=1S/C13H18FN5/c1-9(2)19-13(17-8-18-19)5-12(15-3)10-4-11(14)7-16-6-10/h4,6-9,12,15H,5H2,1-3H3. The molecule has 0 bridgehead atoms. The van der Waals surface area contributed by atoms with Crippen LogP contribution in [-0.2, 0) is 6.42 Å². The van der Waals surface area contributed by atoms with E-state index >= 15 is 0 Å². The van der Waals surface area contributed by atoms with E-state index in [0.29, 0.717) is 6.42 Å². The van der Waals surface area contributed by atoms with E-state index in [4.69, 9.17) is 0 Å². The zero-order valence-corrected chi connectivity index (χ0v) is 11.3. The van der Waals surface area contributed by atoms with Gasteiger partial charge >= 0.3 is 0 Å². The van der Waals surface area contributed by atoms with Gasteiger partial charge in [0, 0.05) is 24.7 Å². The zero-order valence-electron chi connectivity index (χ0n) is 11.3. The maximum Gasteiger partial charge on any atom is 0.141 e. The van der Waals surface area contributed by atoms with Gasteiger partial charge in [0.2, 0.25) is 0 Å². The van der Waals surface area contributed by atoms with Gasteiger partial charge in [0.25, 0.3) is 0 Å². The Hall–Kier alpha value is -1.82. The van der Waals surface area contributed by atoms with Gasteiger partial charge in [-0.1, -0.05) is 0 Å². The molecule has 0 aliphatic carbocycles. The quantitative estimate of drug-likeness (QED) is 0.895. The van der Waals surface area contributed by atoms with Gasteiger partial charge < -0.3 is 5.32 Å². The van der Waals surface area contributed by atoms with Crippen LogP contribution in [0.3, 0.4) is 0 Å². The van der Waals surface area contributed by atoms with Crippen LogP contribution < -0.4 is 5.32 Å². The molecule has 2 aromatic heterocycles. The van der Waals surface area contributed by atoms with Crippen LogP contribution in [0, 0.1) is 5.82 Å². The first-order valence-electron chi connectivity index (χ1n) is 6.28. The average Bonchev–Trinajstić information content (AvgIpc) is 2.84. The third-order valence-corrected chi connectivity index (χ3v) is 3.00. The number of aromatic nitrogens is 4. The van der Waals surface area contributed by atoms with Crippen molar-refractivity contribution < 1.29 is 4.39 Å². The highest BCUT2D eigenvalue weighted by molar-refractivity contribution is 5.16. The molecule has 1 atom stereocenters. The fourth-order valence-electron chi connectivity index (χ4n) is 2.04. The summed E-state index contributed by atoms with van der Waals surface area (Å²) in [6, 6.07) is 1.70. The molecule has 5 nitrogen and oxygen atoms in total. The fourth-order valence-corrected chi connectivity index (χ4v) is 2.04. The van der Waals surface area contributed by atoms with Crippen LogP contribution in [0.5, 0.6) is 0 Å². The highest BCUT2D eigenvalue weighted by Crippen LogP contribution is 2.18. The minimum absolute atomic E-state index is 0.0371. The highest BCUT2D eigenvalue weighted by atomic mass is 19.1. The topological polar surface area (TPSA) is 55.6 Å². The summed E-state index contributed by atoms with van der Waals surface area (Å²) < 4.78 is 15.1. The van der Waals surface area contributed by atoms with Crippen LogP contribution >= 0.6 is 0 Å². The summed E-state index contributed by atoms with van der Waals surface area (Å²) in [5.41, 5.74) is 0.806. The lowest BCUT2D eigenvalue weighted by Crippen LogP contribution is -2.22. The molecule has 6 heteroatoms. The molecule has 1 unspecified atom stereocenters. The van der Waals surface area contributed by atoms with E-state index in [9.17, 15) is 4.39 Å². The van der Waals surface area contributed by atoms with Gasteiger partial charge in [-0.2, -0.15) is 5.10 Å². The van der Waals surface area contributed by atoms with Gasteiger partial charge in [-0.05, 0) is 32.5 Å². The van der Waals surface area contributed by atoms with Gasteiger partial charge in [0.15, 0.2) is 0 Å². The van der Waals surface area contributed by atoms with E-state index in [1.54, 1.807) is 12.5 Å². The first kappa shape index (κ1) is 13.6. The maximum atomic E-state index is 13.2. The lowest BCUT2D eigenvalue weighted by atomic mass is 10.1. The van der Waals surface area contributed by atoms with Gasteiger partial charge in [-0.25, -0.2) is 14.1 Å². The third-order valence-electron chi connectivity index (χ3n) is 3.00. The van der Waals surface area contributed by atoms with Crippen molar-refractivity contribution >= 4 is 0 Å². The summed E-state index contributed by atoms with van der Waals surface area (Å²) in [6.45, 7) is 4.10. The highest BCUT2D eigenvalue weighted by Gasteiger charge is 2.16. The largest absolute Gasteiger partial charge is 0.313 e. The summed E-state index contributed by atoms with van der Waals surface area (Å²) in [5.74, 6) is 0.543. The number of halogens is 1. The second-order valence-corrected chi connectivity index (χ2v) is 4.70. The molecule has 0 saturated carbocycles. The smallest absolute Gasteiger partial charge is 0.141 e. The second-order valence-electron chi connectivity index (χ2n) is 4.70. The Kier molecular flexibility index (Phi) is 4.21. The van der Waals surface area contributed by atoms with Crippen LogP contribution in [-0.4, -0.2) is 26.8 Å². The van der Waals surface area contributed by atoms with Crippen LogP contribution in [0.15, 0.2) is 24.8 Å². The molecule has 0 aliphatic heterocycles. The Balaban J connectivity index is 2.22. The van der Waals surface area contributed by atoms with Crippen molar-refractivity contribution in [1.29, 1.82) is 0 Å². The Morgan fingerprint density at radius 1 is 1.37 bits per heavy atom. The monoisotopic (exact) mass is 263 g/mol. The number of hydrogen-bond acceptors (Lipinski definition) is 4. The third kappa shape index (κ3) is 3.14. The lowest BCUT2D eigenvalue weighted by Gasteiger charge is -2.17. The number of hydrogen-bond donors (Lipinski definition) is 1. The molecule has 0 fully saturated rings. The molecule has 0 aromatic carbocycles. The number of likely N-dealkylation sites (N-methyl/N-ethyl adjacent to an activating group) is 1. The Bertz CT molecular complexity index is 537. The maximum absolute atomic E-state index is 13.2. The Morgan fingerprint density at radius 2 is 2.16 bits per heavy atom. The van der Waals surface area contributed by atoms with Gasteiger partial charge in [0.05, 0.1) is 6.20 Å². The van der Waals surface area contributed by atoms with Gasteiger partial charge in [0.1, 0.15) is 18.0 Å². The lowest BCUT2D eigenvalue weighted by molar-refractivity contribution is 0.476. The molecule has 102 valence electrons. The minimum Gasteiger partial charge on any atom is -0.313 e. The van der Waals surface area contributed by atoms with Gasteiger partial charge in [-0.15, -0.1) is 0 Å². The van der Waals surface area contributed by atoms with Crippen LogP contribution in [0.25, 0.3) is 0 Å². The van der Waals surface area contributed by atoms with Crippen molar-refractivity contribution in [1.82, 2.24) is 25.1 Å². The van der Waals surface area contributed by atoms with Crippen molar-refractivity contribution in [3.8, 4) is 0 Å². The molecule has 0 aliphatic rings. The normalized spacial score (nSPS) is 12.9. The molecule has 2 aromatic rings. The van der Waals surface area contributed by atoms with E-state index in [1.165, 1.54) is 12.3 Å². The van der Waals surface area contributed by atoms with Crippen LogP contribution in [0.4, 0.5) is 4.39 Å². The van der Waals surface area contributed by atoms with Crippen molar-refractivity contribution in [3.05, 3.63) is 42.0 Å². The van der Waals surface area contributed by atoms with Crippen molar-refractivity contribution in [2.45, 2.75) is 32.4 Å². The molecule has 2 heterocycles. The molecule has 2 rings (SSSR count). The Morgan fingerprint density at radius 3 is 2.79 bits per heavy atom. The van der Waals surface area contributed by atoms with E-state index in [0.717, 1.165) is 11.4 Å². The van der Waals surface area contributed by atoms with Gasteiger partial charge in [-0.3, -0.25) is 4.98 Å². The van der Waals surface area contributed by atoms with Crippen LogP contribution in [0.1, 0.15) is 37.3 Å². The predicted molar refractivity (Wildman–Crippen MR) is 70.1 cm³/mol. The fraction of sp³-hybridized carbons (Fsp3) is 0.462. The van der Waals surface area contributed by atoms with Crippen molar-refractivity contribution in [2.24, 2.45) is 0 Å². The van der Waals surface area contributed by atoms with Crippen molar-refractivity contribution in [2.75, 3.05) is 7.05 Å². The molecule has 0 saturated heterocycles. The molecular weight excluding hydrogens is 245 g/mol. The number of nitrogens with zero attached hydrogens (tertiary/aromatic N) is 4. The summed E-state index contributed by atoms with van der Waals surface area (Å²) in [7, 11) is 1.84. The summed E-state index contributed by atoms with van der Waals surface area (Å²) in [4.78, 5) is 8.15. The summed E-state index contributed by atoms with van der Waals surface area (Å²) in [5, 5.41) is 7.36. The van der Waals surface area contributed by atoms with E-state index in [-0.39, 0.29) is 17.9 Å². The SMILES string of the molecule is CNC(Cc1ncnn1C(C)C)c1cncc(F)c1. The van der Waals surface area contributed by atoms with Crippen molar-refractivity contribution in [3.63, 3.8) is 0 Å². The average molecular weight is 263 g/mol. The molecule has 0 spiro atoms. The number of pyridine rings is 1. The van der Waals surface area contributed by atoms with E-state index in [1.807, 2.05) is 11.7 Å². The first-order chi connectivity index (χ1) is 9.11. The Labute approximate surface area is 111 Å². The number of rotatable bonds is 5. The van der Waals surface area contributed by atoms with E-state index in [2.05, 4.69) is 34.2 Å². The molecule has 0 amide bonds. The molecule has 1 N–H and O–H groups in total. The second kappa shape index (κ2) is 5.88. The predicted octanol–water partition coefficient (Wildman–Crippen LogP) is 1.90.